The summed E-state index contributed by atoms with van der Waals surface area (Å²) in [7, 11) is 0. The molecular weight excluding hydrogens is 156 g/mol. The van der Waals surface area contributed by atoms with Gasteiger partial charge in [0.2, 0.25) is 0 Å². The van der Waals surface area contributed by atoms with Crippen LogP contribution < -0.4 is 0 Å². The van der Waals surface area contributed by atoms with Gasteiger partial charge in [0.25, 0.3) is 0 Å². The zero-order valence-corrected chi connectivity index (χ0v) is 9.05. The lowest BCUT2D eigenvalue weighted by molar-refractivity contribution is 0.246. The maximum atomic E-state index is 2.53. The highest BCUT2D eigenvalue weighted by Crippen LogP contribution is 2.41. The van der Waals surface area contributed by atoms with Crippen LogP contribution in [0.4, 0.5) is 0 Å². The van der Waals surface area contributed by atoms with Crippen molar-refractivity contribution in [3.8, 4) is 0 Å². The average molecular weight is 178 g/mol. The molecule has 0 radical (unpaired) electrons. The van der Waals surface area contributed by atoms with Crippen LogP contribution in [0.15, 0.2) is 11.6 Å². The van der Waals surface area contributed by atoms with Gasteiger partial charge in [0.05, 0.1) is 0 Å². The van der Waals surface area contributed by atoms with Gasteiger partial charge in [-0.3, -0.25) is 0 Å². The van der Waals surface area contributed by atoms with Crippen LogP contribution in [0.1, 0.15) is 52.4 Å². The summed E-state index contributed by atoms with van der Waals surface area (Å²) >= 11 is 0. The first kappa shape index (κ1) is 9.30. The molecule has 0 heteroatoms. The topological polar surface area (TPSA) is 0 Å². The van der Waals surface area contributed by atoms with Crippen LogP contribution in [-0.2, 0) is 0 Å². The highest BCUT2D eigenvalue weighted by atomic mass is 14.3. The van der Waals surface area contributed by atoms with E-state index in [1.165, 1.54) is 38.5 Å². The van der Waals surface area contributed by atoms with Crippen molar-refractivity contribution in [2.75, 3.05) is 0 Å². The fourth-order valence-electron chi connectivity index (χ4n) is 3.02. The molecule has 0 saturated heterocycles. The molecule has 0 bridgehead atoms. The van der Waals surface area contributed by atoms with Crippen molar-refractivity contribution in [2.45, 2.75) is 52.4 Å². The summed E-state index contributed by atoms with van der Waals surface area (Å²) in [5, 5.41) is 0. The normalized spacial score (nSPS) is 34.2. The molecule has 0 aromatic heterocycles. The van der Waals surface area contributed by atoms with E-state index in [9.17, 15) is 0 Å². The molecule has 13 heavy (non-hydrogen) atoms. The van der Waals surface area contributed by atoms with Crippen LogP contribution in [-0.4, -0.2) is 0 Å². The predicted octanol–water partition coefficient (Wildman–Crippen LogP) is 4.17. The van der Waals surface area contributed by atoms with E-state index >= 15 is 0 Å². The summed E-state index contributed by atoms with van der Waals surface area (Å²) in [6.45, 7) is 4.78. The largest absolute Gasteiger partial charge is 0.0851 e. The Hall–Kier alpha value is -0.260. The van der Waals surface area contributed by atoms with Crippen molar-refractivity contribution in [2.24, 2.45) is 17.8 Å². The molecule has 0 N–H and O–H groups in total. The smallest absolute Gasteiger partial charge is 0.0200 e. The molecule has 0 aromatic rings. The summed E-state index contributed by atoms with van der Waals surface area (Å²) in [4.78, 5) is 0. The first-order valence-electron chi connectivity index (χ1n) is 5.96. The molecule has 0 amide bonds. The van der Waals surface area contributed by atoms with Crippen LogP contribution in [0.25, 0.3) is 0 Å². The highest BCUT2D eigenvalue weighted by molar-refractivity contribution is 5.12. The Morgan fingerprint density at radius 3 is 2.92 bits per heavy atom. The van der Waals surface area contributed by atoms with Gasteiger partial charge >= 0.3 is 0 Å². The Morgan fingerprint density at radius 1 is 1.31 bits per heavy atom. The Bertz CT molecular complexity index is 200. The third-order valence-corrected chi connectivity index (χ3v) is 4.02. The summed E-state index contributed by atoms with van der Waals surface area (Å²) < 4.78 is 0. The Labute approximate surface area is 82.4 Å². The lowest BCUT2D eigenvalue weighted by atomic mass is 9.70. The van der Waals surface area contributed by atoms with E-state index in [1.54, 1.807) is 0 Å². The first-order chi connectivity index (χ1) is 6.27. The van der Waals surface area contributed by atoms with E-state index in [0.717, 1.165) is 17.8 Å². The number of hydrogen-bond donors (Lipinski definition) is 0. The molecule has 2 aliphatic carbocycles. The van der Waals surface area contributed by atoms with Crippen molar-refractivity contribution in [3.05, 3.63) is 11.6 Å². The maximum absolute atomic E-state index is 2.53. The highest BCUT2D eigenvalue weighted by Gasteiger charge is 2.28. The van der Waals surface area contributed by atoms with Gasteiger partial charge in [-0.1, -0.05) is 25.5 Å². The van der Waals surface area contributed by atoms with E-state index in [1.807, 2.05) is 5.57 Å². The minimum absolute atomic E-state index is 0.906. The van der Waals surface area contributed by atoms with E-state index < -0.39 is 0 Å². The van der Waals surface area contributed by atoms with Crippen molar-refractivity contribution in [1.82, 2.24) is 0 Å². The summed E-state index contributed by atoms with van der Waals surface area (Å²) in [5.41, 5.74) is 1.81. The molecule has 0 aliphatic heterocycles. The predicted molar refractivity (Wildman–Crippen MR) is 57.6 cm³/mol. The van der Waals surface area contributed by atoms with E-state index in [4.69, 9.17) is 0 Å². The second-order valence-electron chi connectivity index (χ2n) is 5.19. The Balaban J connectivity index is 2.00. The van der Waals surface area contributed by atoms with Crippen molar-refractivity contribution in [1.29, 1.82) is 0 Å². The van der Waals surface area contributed by atoms with Gasteiger partial charge in [0.1, 0.15) is 0 Å². The second-order valence-corrected chi connectivity index (χ2v) is 5.19. The maximum Gasteiger partial charge on any atom is -0.0200 e. The molecule has 0 heterocycles. The number of allylic oxidation sites excluding steroid dienone is 2. The molecular formula is C13H22. The third-order valence-electron chi connectivity index (χ3n) is 4.02. The van der Waals surface area contributed by atoms with Crippen molar-refractivity contribution in [3.63, 3.8) is 0 Å². The standard InChI is InChI=1S/C13H22/c1-10(2)12-8-7-11-5-3-4-6-13(11)9-12/h5,10,12-13H,3-4,6-9H2,1-2H3/t12-,13?/m1/s1. The SMILES string of the molecule is CC(C)[C@@H]1CCC2=CCCCC2C1. The number of hydrogen-bond acceptors (Lipinski definition) is 0. The lowest BCUT2D eigenvalue weighted by Crippen LogP contribution is -2.23. The first-order valence-corrected chi connectivity index (χ1v) is 5.96. The summed E-state index contributed by atoms with van der Waals surface area (Å²) in [5.74, 6) is 2.90. The summed E-state index contributed by atoms with van der Waals surface area (Å²) in [6, 6.07) is 0. The van der Waals surface area contributed by atoms with Crippen LogP contribution in [0.3, 0.4) is 0 Å². The van der Waals surface area contributed by atoms with Gasteiger partial charge in [0.15, 0.2) is 0 Å². The van der Waals surface area contributed by atoms with Crippen LogP contribution in [0.2, 0.25) is 0 Å². The molecule has 0 aromatic carbocycles. The molecule has 2 aliphatic rings. The average Bonchev–Trinajstić information content (AvgIpc) is 2.17. The summed E-state index contributed by atoms with van der Waals surface area (Å²) in [6.07, 6.45) is 11.2. The van der Waals surface area contributed by atoms with Crippen molar-refractivity contribution >= 4 is 0 Å². The fourth-order valence-corrected chi connectivity index (χ4v) is 3.02. The van der Waals surface area contributed by atoms with E-state index in [-0.39, 0.29) is 0 Å². The Morgan fingerprint density at radius 2 is 2.15 bits per heavy atom. The van der Waals surface area contributed by atoms with Gasteiger partial charge in [-0.25, -0.2) is 0 Å². The van der Waals surface area contributed by atoms with Crippen LogP contribution in [0, 0.1) is 17.8 Å². The molecule has 0 nitrogen and oxygen atoms in total. The lowest BCUT2D eigenvalue weighted by Gasteiger charge is -2.35. The van der Waals surface area contributed by atoms with Crippen LogP contribution in [0.5, 0.6) is 0 Å². The fraction of sp³-hybridized carbons (Fsp3) is 0.846. The van der Waals surface area contributed by atoms with E-state index in [0.29, 0.717) is 0 Å². The molecule has 2 rings (SSSR count). The molecule has 74 valence electrons. The molecule has 1 fully saturated rings. The molecule has 2 atom stereocenters. The number of fused-ring (bicyclic) bond motifs is 1. The minimum atomic E-state index is 0.906. The molecule has 1 unspecified atom stereocenters. The quantitative estimate of drug-likeness (QED) is 0.529. The number of rotatable bonds is 1. The molecule has 0 spiro atoms. The minimum Gasteiger partial charge on any atom is -0.0851 e. The van der Waals surface area contributed by atoms with Gasteiger partial charge in [0, 0.05) is 0 Å². The zero-order valence-electron chi connectivity index (χ0n) is 9.05. The third kappa shape index (κ3) is 1.98. The second kappa shape index (κ2) is 3.86. The van der Waals surface area contributed by atoms with Gasteiger partial charge in [-0.15, -0.1) is 0 Å². The van der Waals surface area contributed by atoms with Gasteiger partial charge in [-0.05, 0) is 56.3 Å². The van der Waals surface area contributed by atoms with Crippen LogP contribution >= 0.6 is 0 Å². The van der Waals surface area contributed by atoms with Gasteiger partial charge < -0.3 is 0 Å². The Kier molecular flexibility index (Phi) is 2.76. The molecule has 1 saturated carbocycles. The zero-order chi connectivity index (χ0) is 9.26. The van der Waals surface area contributed by atoms with E-state index in [2.05, 4.69) is 19.9 Å². The van der Waals surface area contributed by atoms with Gasteiger partial charge in [-0.2, -0.15) is 0 Å². The van der Waals surface area contributed by atoms with Crippen molar-refractivity contribution < 1.29 is 0 Å². The monoisotopic (exact) mass is 178 g/mol.